The predicted molar refractivity (Wildman–Crippen MR) is 47.2 cm³/mol. The lowest BCUT2D eigenvalue weighted by molar-refractivity contribution is 0.0344. The molecule has 11 heavy (non-hydrogen) atoms. The second-order valence-corrected chi connectivity index (χ2v) is 2.57. The van der Waals surface area contributed by atoms with Gasteiger partial charge in [-0.15, -0.1) is 0 Å². The summed E-state index contributed by atoms with van der Waals surface area (Å²) in [4.78, 5) is 0. The normalized spacial score (nSPS) is 23.7. The van der Waals surface area contributed by atoms with Crippen LogP contribution in [0, 0.1) is 0 Å². The molecule has 2 unspecified atom stereocenters. The summed E-state index contributed by atoms with van der Waals surface area (Å²) in [6.45, 7) is 5.56. The van der Waals surface area contributed by atoms with Gasteiger partial charge in [0.2, 0.25) is 0 Å². The van der Waals surface area contributed by atoms with Crippen molar-refractivity contribution < 1.29 is 14.0 Å². The summed E-state index contributed by atoms with van der Waals surface area (Å²) in [6.07, 6.45) is 0.0937. The first-order valence-corrected chi connectivity index (χ1v) is 5.52. The summed E-state index contributed by atoms with van der Waals surface area (Å²) < 4.78 is 14.9. The van der Waals surface area contributed by atoms with Crippen molar-refractivity contribution in [2.24, 2.45) is 0 Å². The molecule has 5 heteroatoms. The highest BCUT2D eigenvalue weighted by Crippen LogP contribution is 2.18. The molecule has 0 spiro atoms. The number of ether oxygens (including phenoxy) is 2. The standard InChI is InChI=1S/C4H8ClO3P.C2H6/c5-9-8-2-4-1-6-3-7-4;1-2/h4,9H,1-3H2;1-2H3. The molecule has 0 aromatic rings. The molecule has 0 amide bonds. The Kier molecular flexibility index (Phi) is 9.17. The van der Waals surface area contributed by atoms with Gasteiger partial charge in [0.25, 0.3) is 0 Å². The van der Waals surface area contributed by atoms with Crippen LogP contribution in [0.25, 0.3) is 0 Å². The maximum atomic E-state index is 5.29. The van der Waals surface area contributed by atoms with Crippen LogP contribution in [0.1, 0.15) is 13.8 Å². The number of halogens is 1. The van der Waals surface area contributed by atoms with Gasteiger partial charge in [-0.1, -0.05) is 25.1 Å². The Bertz CT molecular complexity index is 78.2. The molecule has 0 N–H and O–H groups in total. The quantitative estimate of drug-likeness (QED) is 0.654. The van der Waals surface area contributed by atoms with Gasteiger partial charge < -0.3 is 14.0 Å². The minimum Gasteiger partial charge on any atom is -0.353 e. The molecular formula is C6H14ClO3P. The van der Waals surface area contributed by atoms with Crippen LogP contribution in [-0.2, 0) is 14.0 Å². The van der Waals surface area contributed by atoms with Crippen LogP contribution in [-0.4, -0.2) is 26.1 Å². The molecule has 1 aliphatic heterocycles. The van der Waals surface area contributed by atoms with Gasteiger partial charge in [-0.05, 0) is 0 Å². The third-order valence-corrected chi connectivity index (χ3v) is 1.62. The van der Waals surface area contributed by atoms with E-state index < -0.39 is 0 Å². The van der Waals surface area contributed by atoms with Gasteiger partial charge in [0, 0.05) is 0 Å². The number of hydrogen-bond acceptors (Lipinski definition) is 3. The van der Waals surface area contributed by atoms with Crippen molar-refractivity contribution in [3.05, 3.63) is 0 Å². The lowest BCUT2D eigenvalue weighted by atomic mass is 10.4. The Morgan fingerprint density at radius 3 is 2.82 bits per heavy atom. The van der Waals surface area contributed by atoms with Crippen LogP contribution >= 0.6 is 19.4 Å². The van der Waals surface area contributed by atoms with Crippen LogP contribution in [0.4, 0.5) is 0 Å². The second-order valence-electron chi connectivity index (χ2n) is 1.67. The molecule has 1 heterocycles. The SMILES string of the molecule is CC.ClPOCC1COCO1. The summed E-state index contributed by atoms with van der Waals surface area (Å²) in [5.74, 6) is 0. The Labute approximate surface area is 74.0 Å². The van der Waals surface area contributed by atoms with Crippen molar-refractivity contribution in [3.63, 3.8) is 0 Å². The first-order valence-electron chi connectivity index (χ1n) is 3.60. The van der Waals surface area contributed by atoms with Crippen molar-refractivity contribution in [2.75, 3.05) is 20.0 Å². The van der Waals surface area contributed by atoms with Crippen molar-refractivity contribution in [1.82, 2.24) is 0 Å². The van der Waals surface area contributed by atoms with E-state index in [1.807, 2.05) is 13.8 Å². The van der Waals surface area contributed by atoms with Crippen LogP contribution in [0.15, 0.2) is 0 Å². The van der Waals surface area contributed by atoms with E-state index in [-0.39, 0.29) is 14.3 Å². The van der Waals surface area contributed by atoms with Crippen LogP contribution in [0.2, 0.25) is 0 Å². The van der Waals surface area contributed by atoms with Crippen LogP contribution < -0.4 is 0 Å². The fraction of sp³-hybridized carbons (Fsp3) is 1.00. The first kappa shape index (κ1) is 11.6. The van der Waals surface area contributed by atoms with Gasteiger partial charge in [-0.2, -0.15) is 0 Å². The minimum absolute atomic E-state index is 0.0211. The Morgan fingerprint density at radius 1 is 1.64 bits per heavy atom. The Balaban J connectivity index is 0.000000461. The lowest BCUT2D eigenvalue weighted by Crippen LogP contribution is -2.14. The van der Waals surface area contributed by atoms with Gasteiger partial charge in [0.15, 0.2) is 0 Å². The van der Waals surface area contributed by atoms with E-state index in [2.05, 4.69) is 0 Å². The van der Waals surface area contributed by atoms with E-state index in [1.165, 1.54) is 0 Å². The first-order chi connectivity index (χ1) is 5.43. The third kappa shape index (κ3) is 5.83. The summed E-state index contributed by atoms with van der Waals surface area (Å²) in [7, 11) is 0.0211. The van der Waals surface area contributed by atoms with Gasteiger partial charge in [0.05, 0.1) is 13.2 Å². The molecule has 1 saturated heterocycles. The largest absolute Gasteiger partial charge is 0.353 e. The molecular weight excluding hydrogens is 186 g/mol. The Morgan fingerprint density at radius 2 is 2.36 bits per heavy atom. The zero-order valence-electron chi connectivity index (χ0n) is 6.80. The monoisotopic (exact) mass is 200 g/mol. The zero-order valence-corrected chi connectivity index (χ0v) is 8.56. The second kappa shape index (κ2) is 8.69. The average Bonchev–Trinajstić information content (AvgIpc) is 2.57. The van der Waals surface area contributed by atoms with Crippen molar-refractivity contribution >= 4 is 19.4 Å². The molecule has 0 aromatic carbocycles. The smallest absolute Gasteiger partial charge is 0.147 e. The maximum Gasteiger partial charge on any atom is 0.147 e. The minimum atomic E-state index is 0.0211. The van der Waals surface area contributed by atoms with E-state index in [4.69, 9.17) is 25.2 Å². The molecule has 0 aliphatic carbocycles. The van der Waals surface area contributed by atoms with E-state index in [0.29, 0.717) is 20.0 Å². The van der Waals surface area contributed by atoms with Crippen molar-refractivity contribution in [1.29, 1.82) is 0 Å². The zero-order chi connectivity index (χ0) is 8.53. The highest BCUT2D eigenvalue weighted by atomic mass is 35.7. The summed E-state index contributed by atoms with van der Waals surface area (Å²) in [6, 6.07) is 0. The summed E-state index contributed by atoms with van der Waals surface area (Å²) in [5.41, 5.74) is 0. The average molecular weight is 201 g/mol. The van der Waals surface area contributed by atoms with E-state index in [1.54, 1.807) is 0 Å². The van der Waals surface area contributed by atoms with Crippen LogP contribution in [0.5, 0.6) is 0 Å². The van der Waals surface area contributed by atoms with Gasteiger partial charge >= 0.3 is 0 Å². The van der Waals surface area contributed by atoms with Crippen LogP contribution in [0.3, 0.4) is 0 Å². The fourth-order valence-electron chi connectivity index (χ4n) is 0.593. The molecule has 1 aliphatic rings. The van der Waals surface area contributed by atoms with Gasteiger partial charge in [0.1, 0.15) is 21.1 Å². The number of hydrogen-bond donors (Lipinski definition) is 0. The molecule has 0 radical (unpaired) electrons. The maximum absolute atomic E-state index is 5.29. The molecule has 1 rings (SSSR count). The summed E-state index contributed by atoms with van der Waals surface area (Å²) >= 11 is 5.29. The highest BCUT2D eigenvalue weighted by Gasteiger charge is 2.15. The predicted octanol–water partition coefficient (Wildman–Crippen LogP) is 2.15. The fourth-order valence-corrected chi connectivity index (χ4v) is 1.03. The third-order valence-electron chi connectivity index (χ3n) is 1.01. The van der Waals surface area contributed by atoms with E-state index >= 15 is 0 Å². The molecule has 0 saturated carbocycles. The lowest BCUT2D eigenvalue weighted by Gasteiger charge is -2.03. The van der Waals surface area contributed by atoms with Crippen molar-refractivity contribution in [2.45, 2.75) is 20.0 Å². The van der Waals surface area contributed by atoms with Gasteiger partial charge in [-0.3, -0.25) is 0 Å². The molecule has 0 bridgehead atoms. The number of rotatable bonds is 3. The molecule has 68 valence electrons. The topological polar surface area (TPSA) is 27.7 Å². The Hall–Kier alpha value is 0.600. The van der Waals surface area contributed by atoms with E-state index in [9.17, 15) is 0 Å². The molecule has 3 nitrogen and oxygen atoms in total. The summed E-state index contributed by atoms with van der Waals surface area (Å²) in [5, 5.41) is 0. The van der Waals surface area contributed by atoms with Gasteiger partial charge in [-0.25, -0.2) is 0 Å². The molecule has 2 atom stereocenters. The molecule has 1 fully saturated rings. The highest BCUT2D eigenvalue weighted by molar-refractivity contribution is 7.64. The van der Waals surface area contributed by atoms with E-state index in [0.717, 1.165) is 0 Å². The molecule has 0 aromatic heterocycles. The van der Waals surface area contributed by atoms with Crippen molar-refractivity contribution in [3.8, 4) is 0 Å².